The molecule has 1 aliphatic heterocycles. The lowest BCUT2D eigenvalue weighted by atomic mass is 9.75. The Kier molecular flexibility index (Phi) is 4.51. The van der Waals surface area contributed by atoms with Crippen LogP contribution in [-0.4, -0.2) is 44.8 Å². The van der Waals surface area contributed by atoms with E-state index in [4.69, 9.17) is 9.47 Å². The summed E-state index contributed by atoms with van der Waals surface area (Å²) < 4.78 is 12.4. The number of anilines is 1. The Bertz CT molecular complexity index is 845. The molecule has 142 valence electrons. The van der Waals surface area contributed by atoms with Crippen LogP contribution >= 0.6 is 0 Å². The van der Waals surface area contributed by atoms with Gasteiger partial charge in [0.1, 0.15) is 17.7 Å². The van der Waals surface area contributed by atoms with E-state index in [2.05, 4.69) is 20.8 Å². The van der Waals surface area contributed by atoms with E-state index < -0.39 is 11.5 Å². The van der Waals surface area contributed by atoms with E-state index in [9.17, 15) is 9.59 Å². The van der Waals surface area contributed by atoms with Crippen molar-refractivity contribution in [2.75, 3.05) is 12.4 Å². The Balaban J connectivity index is 1.59. The van der Waals surface area contributed by atoms with Crippen molar-refractivity contribution in [3.05, 3.63) is 24.5 Å². The first-order chi connectivity index (χ1) is 13.1. The van der Waals surface area contributed by atoms with Gasteiger partial charge in [0.05, 0.1) is 25.1 Å². The number of benzene rings is 1. The summed E-state index contributed by atoms with van der Waals surface area (Å²) in [5.74, 6) is -0.423. The predicted octanol–water partition coefficient (Wildman–Crippen LogP) is 1.88. The average molecular weight is 371 g/mol. The summed E-state index contributed by atoms with van der Waals surface area (Å²) in [5, 5.41) is 14.0. The molecule has 1 spiro atoms. The lowest BCUT2D eigenvalue weighted by Gasteiger charge is -2.36. The molecule has 1 atom stereocenters. The van der Waals surface area contributed by atoms with E-state index in [0.717, 1.165) is 32.1 Å². The van der Waals surface area contributed by atoms with E-state index in [1.807, 2.05) is 0 Å². The number of hydrogen-bond acceptors (Lipinski definition) is 7. The molecule has 2 fully saturated rings. The van der Waals surface area contributed by atoms with E-state index in [1.54, 1.807) is 25.3 Å². The highest BCUT2D eigenvalue weighted by Crippen LogP contribution is 2.44. The summed E-state index contributed by atoms with van der Waals surface area (Å²) in [5.41, 5.74) is 0.549. The number of carbonyl (C=O) groups excluding carboxylic acids is 2. The molecule has 1 aromatic heterocycles. The molecule has 1 saturated carbocycles. The summed E-state index contributed by atoms with van der Waals surface area (Å²) in [7, 11) is 1.55. The van der Waals surface area contributed by atoms with Crippen LogP contribution < -0.4 is 10.1 Å². The zero-order valence-electron chi connectivity index (χ0n) is 15.1. The normalized spacial score (nSPS) is 21.1. The molecule has 1 unspecified atom stereocenters. The van der Waals surface area contributed by atoms with Gasteiger partial charge in [0.25, 0.3) is 0 Å². The molecule has 1 amide bonds. The van der Waals surface area contributed by atoms with Gasteiger partial charge in [-0.1, -0.05) is 6.42 Å². The number of aromatic nitrogens is 4. The van der Waals surface area contributed by atoms with Crippen LogP contribution in [0.1, 0.15) is 38.5 Å². The van der Waals surface area contributed by atoms with Crippen molar-refractivity contribution in [2.24, 2.45) is 5.92 Å². The van der Waals surface area contributed by atoms with Crippen LogP contribution in [0.2, 0.25) is 0 Å². The first-order valence-corrected chi connectivity index (χ1v) is 9.05. The van der Waals surface area contributed by atoms with Crippen molar-refractivity contribution >= 4 is 17.6 Å². The number of methoxy groups -OCH3 is 1. The summed E-state index contributed by atoms with van der Waals surface area (Å²) in [6.45, 7) is 0. The third-order valence-corrected chi connectivity index (χ3v) is 5.35. The number of esters is 1. The maximum absolute atomic E-state index is 13.0. The first kappa shape index (κ1) is 17.4. The second kappa shape index (κ2) is 6.98. The molecule has 1 saturated heterocycles. The molecular formula is C18H21N5O4. The quantitative estimate of drug-likeness (QED) is 0.817. The lowest BCUT2D eigenvalue weighted by molar-refractivity contribution is -0.153. The first-order valence-electron chi connectivity index (χ1n) is 9.05. The number of amides is 1. The van der Waals surface area contributed by atoms with Crippen LogP contribution in [0.3, 0.4) is 0 Å². The maximum atomic E-state index is 13.0. The molecule has 27 heavy (non-hydrogen) atoms. The second-order valence-electron chi connectivity index (χ2n) is 7.02. The largest absolute Gasteiger partial charge is 0.497 e. The van der Waals surface area contributed by atoms with Gasteiger partial charge in [-0.3, -0.25) is 9.59 Å². The zero-order chi connectivity index (χ0) is 18.9. The van der Waals surface area contributed by atoms with Crippen molar-refractivity contribution < 1.29 is 19.1 Å². The van der Waals surface area contributed by atoms with Crippen LogP contribution in [0, 0.1) is 5.92 Å². The van der Waals surface area contributed by atoms with Crippen molar-refractivity contribution in [1.29, 1.82) is 0 Å². The molecule has 1 N–H and O–H groups in total. The van der Waals surface area contributed by atoms with Gasteiger partial charge in [0.15, 0.2) is 0 Å². The van der Waals surface area contributed by atoms with Crippen LogP contribution in [0.4, 0.5) is 5.69 Å². The van der Waals surface area contributed by atoms with Gasteiger partial charge < -0.3 is 14.8 Å². The van der Waals surface area contributed by atoms with E-state index in [0.29, 0.717) is 17.1 Å². The van der Waals surface area contributed by atoms with E-state index >= 15 is 0 Å². The third kappa shape index (κ3) is 3.36. The lowest BCUT2D eigenvalue weighted by Crippen LogP contribution is -2.43. The molecule has 9 heteroatoms. The molecule has 2 aliphatic rings. The number of carbonyl (C=O) groups is 2. The third-order valence-electron chi connectivity index (χ3n) is 5.35. The summed E-state index contributed by atoms with van der Waals surface area (Å²) in [6.07, 6.45) is 6.12. The number of ether oxygens (including phenoxy) is 2. The monoisotopic (exact) mass is 371 g/mol. The van der Waals surface area contributed by atoms with Crippen molar-refractivity contribution in [1.82, 2.24) is 20.2 Å². The summed E-state index contributed by atoms with van der Waals surface area (Å²) >= 11 is 0. The molecule has 4 rings (SSSR count). The molecule has 0 radical (unpaired) electrons. The molecular weight excluding hydrogens is 350 g/mol. The van der Waals surface area contributed by atoms with Crippen LogP contribution in [0.25, 0.3) is 5.69 Å². The summed E-state index contributed by atoms with van der Waals surface area (Å²) in [6, 6.07) is 5.23. The Morgan fingerprint density at radius 3 is 2.81 bits per heavy atom. The fourth-order valence-electron chi connectivity index (χ4n) is 4.04. The standard InChI is InChI=1S/C18H21N5O4/c1-26-14-8-12(7-13(9-14)23-11-19-21-22-23)20-17(25)15-10-16(24)27-18(15)5-3-2-4-6-18/h7-9,11,15H,2-6,10H2,1H3,(H,20,25). The van der Waals surface area contributed by atoms with E-state index in [-0.39, 0.29) is 18.3 Å². The SMILES string of the molecule is COc1cc(NC(=O)C2CC(=O)OC23CCCCC3)cc(-n2cnnn2)c1. The van der Waals surface area contributed by atoms with Gasteiger partial charge in [-0.15, -0.1) is 5.10 Å². The number of nitrogens with one attached hydrogen (secondary N) is 1. The Morgan fingerprint density at radius 2 is 2.11 bits per heavy atom. The highest BCUT2D eigenvalue weighted by molar-refractivity contribution is 5.97. The molecule has 2 heterocycles. The van der Waals surface area contributed by atoms with E-state index in [1.165, 1.54) is 11.0 Å². The van der Waals surface area contributed by atoms with Gasteiger partial charge in [0.2, 0.25) is 5.91 Å². The second-order valence-corrected chi connectivity index (χ2v) is 7.02. The smallest absolute Gasteiger partial charge is 0.307 e. The fourth-order valence-corrected chi connectivity index (χ4v) is 4.04. The number of nitrogens with zero attached hydrogens (tertiary/aromatic N) is 4. The van der Waals surface area contributed by atoms with Gasteiger partial charge in [-0.25, -0.2) is 4.68 Å². The Morgan fingerprint density at radius 1 is 1.30 bits per heavy atom. The Hall–Kier alpha value is -2.97. The number of tetrazole rings is 1. The van der Waals surface area contributed by atoms with Crippen LogP contribution in [0.15, 0.2) is 24.5 Å². The minimum atomic E-state index is -0.656. The van der Waals surface area contributed by atoms with Gasteiger partial charge >= 0.3 is 5.97 Å². The number of rotatable bonds is 4. The molecule has 0 bridgehead atoms. The summed E-state index contributed by atoms with van der Waals surface area (Å²) in [4.78, 5) is 24.9. The minimum absolute atomic E-state index is 0.121. The molecule has 2 aromatic rings. The van der Waals surface area contributed by atoms with Gasteiger partial charge in [0, 0.05) is 17.8 Å². The van der Waals surface area contributed by atoms with Gasteiger partial charge in [-0.2, -0.15) is 0 Å². The predicted molar refractivity (Wildman–Crippen MR) is 94.4 cm³/mol. The zero-order valence-corrected chi connectivity index (χ0v) is 15.1. The molecule has 1 aliphatic carbocycles. The van der Waals surface area contributed by atoms with Crippen LogP contribution in [0.5, 0.6) is 5.75 Å². The number of hydrogen-bond donors (Lipinski definition) is 1. The van der Waals surface area contributed by atoms with Gasteiger partial charge in [-0.05, 0) is 42.2 Å². The molecule has 1 aromatic carbocycles. The minimum Gasteiger partial charge on any atom is -0.497 e. The highest BCUT2D eigenvalue weighted by Gasteiger charge is 2.52. The maximum Gasteiger partial charge on any atom is 0.307 e. The fraction of sp³-hybridized carbons (Fsp3) is 0.500. The average Bonchev–Trinajstić information content (AvgIpc) is 3.30. The van der Waals surface area contributed by atoms with Crippen molar-refractivity contribution in [3.63, 3.8) is 0 Å². The molecule has 9 nitrogen and oxygen atoms in total. The highest BCUT2D eigenvalue weighted by atomic mass is 16.6. The van der Waals surface area contributed by atoms with Crippen molar-refractivity contribution in [3.8, 4) is 11.4 Å². The topological polar surface area (TPSA) is 108 Å². The Labute approximate surface area is 156 Å². The van der Waals surface area contributed by atoms with Crippen molar-refractivity contribution in [2.45, 2.75) is 44.1 Å². The van der Waals surface area contributed by atoms with Crippen LogP contribution in [-0.2, 0) is 14.3 Å².